The number of fused-ring (bicyclic) bond motifs is 3. The van der Waals surface area contributed by atoms with Crippen molar-refractivity contribution in [3.8, 4) is 0 Å². The standard InChI is InChI=1S/C26H30O5/c1-22(2)17(27)7-9-23(3)16-6-10-24(4)15(14-8-11-30-13-14)12-18-26(24,31-18)25(16,5)21(29)19(28)20(22)23/h7-9,11,13,15-16,18,28H,6,10,12H2,1-5H3/t15?,16-,18+,23+,24-,25-,26+/m0/s1. The molecule has 0 radical (unpaired) electrons. The Labute approximate surface area is 182 Å². The summed E-state index contributed by atoms with van der Waals surface area (Å²) in [6, 6.07) is 2.03. The van der Waals surface area contributed by atoms with Crippen molar-refractivity contribution in [3.63, 3.8) is 0 Å². The number of hydrogen-bond acceptors (Lipinski definition) is 5. The summed E-state index contributed by atoms with van der Waals surface area (Å²) in [6.07, 6.45) is 9.76. The normalized spacial score (nSPS) is 49.4. The lowest BCUT2D eigenvalue weighted by Crippen LogP contribution is -2.66. The van der Waals surface area contributed by atoms with Gasteiger partial charge in [0, 0.05) is 10.8 Å². The zero-order valence-electron chi connectivity index (χ0n) is 18.8. The number of allylic oxidation sites excluding steroid dienone is 4. The quantitative estimate of drug-likeness (QED) is 0.652. The van der Waals surface area contributed by atoms with Gasteiger partial charge in [0.1, 0.15) is 5.60 Å². The maximum atomic E-state index is 14.0. The monoisotopic (exact) mass is 422 g/mol. The lowest BCUT2D eigenvalue weighted by Gasteiger charge is -2.62. The van der Waals surface area contributed by atoms with Crippen LogP contribution in [-0.2, 0) is 14.3 Å². The summed E-state index contributed by atoms with van der Waals surface area (Å²) >= 11 is 0. The predicted octanol–water partition coefficient (Wildman–Crippen LogP) is 4.89. The second kappa shape index (κ2) is 5.25. The van der Waals surface area contributed by atoms with E-state index < -0.39 is 21.8 Å². The molecule has 3 fully saturated rings. The van der Waals surface area contributed by atoms with Gasteiger partial charge in [0.25, 0.3) is 0 Å². The zero-order valence-corrected chi connectivity index (χ0v) is 18.8. The van der Waals surface area contributed by atoms with Gasteiger partial charge in [-0.05, 0) is 75.1 Å². The van der Waals surface area contributed by atoms with Crippen molar-refractivity contribution >= 4 is 11.6 Å². The van der Waals surface area contributed by atoms with Crippen molar-refractivity contribution in [2.45, 2.75) is 71.5 Å². The Hall–Kier alpha value is -2.14. The minimum atomic E-state index is -0.901. The molecule has 1 aromatic heterocycles. The van der Waals surface area contributed by atoms with Gasteiger partial charge in [-0.1, -0.05) is 19.9 Å². The van der Waals surface area contributed by atoms with Gasteiger partial charge in [-0.25, -0.2) is 0 Å². The summed E-state index contributed by atoms with van der Waals surface area (Å²) in [4.78, 5) is 26.7. The Bertz CT molecular complexity index is 1090. The molecule has 5 nitrogen and oxygen atoms in total. The summed E-state index contributed by atoms with van der Waals surface area (Å²) in [6.45, 7) is 10.0. The van der Waals surface area contributed by atoms with Crippen LogP contribution < -0.4 is 0 Å². The number of ketones is 2. The molecule has 1 aromatic rings. The van der Waals surface area contributed by atoms with Crippen LogP contribution in [0.4, 0.5) is 0 Å². The van der Waals surface area contributed by atoms with E-state index in [9.17, 15) is 14.7 Å². The number of Topliss-reactive ketones (excluding diaryl/α,β-unsaturated/α-hetero) is 1. The molecule has 2 heterocycles. The van der Waals surface area contributed by atoms with Crippen LogP contribution in [0.3, 0.4) is 0 Å². The molecule has 1 aliphatic heterocycles. The summed E-state index contributed by atoms with van der Waals surface area (Å²) in [7, 11) is 0. The Morgan fingerprint density at radius 1 is 1.13 bits per heavy atom. The van der Waals surface area contributed by atoms with E-state index in [2.05, 4.69) is 13.8 Å². The fourth-order valence-electron chi connectivity index (χ4n) is 8.78. The number of aliphatic hydroxyl groups is 1. The van der Waals surface area contributed by atoms with E-state index >= 15 is 0 Å². The Morgan fingerprint density at radius 3 is 2.55 bits per heavy atom. The van der Waals surface area contributed by atoms with Crippen LogP contribution in [0, 0.1) is 27.6 Å². The summed E-state index contributed by atoms with van der Waals surface area (Å²) in [5.74, 6) is -0.312. The molecule has 1 N–H and O–H groups in total. The van der Waals surface area contributed by atoms with Crippen molar-refractivity contribution < 1.29 is 23.8 Å². The van der Waals surface area contributed by atoms with Gasteiger partial charge in [-0.2, -0.15) is 0 Å². The van der Waals surface area contributed by atoms with Crippen molar-refractivity contribution in [2.24, 2.45) is 27.6 Å². The molecule has 1 unspecified atom stereocenters. The highest BCUT2D eigenvalue weighted by Crippen LogP contribution is 2.81. The molecule has 2 saturated carbocycles. The van der Waals surface area contributed by atoms with Crippen LogP contribution in [0.2, 0.25) is 0 Å². The van der Waals surface area contributed by atoms with Gasteiger partial charge < -0.3 is 14.3 Å². The summed E-state index contributed by atoms with van der Waals surface area (Å²) in [5.41, 5.74) is -1.40. The third-order valence-corrected chi connectivity index (χ3v) is 10.2. The topological polar surface area (TPSA) is 80.0 Å². The van der Waals surface area contributed by atoms with Gasteiger partial charge >= 0.3 is 0 Å². The smallest absolute Gasteiger partial charge is 0.206 e. The van der Waals surface area contributed by atoms with Gasteiger partial charge in [0.05, 0.1) is 29.5 Å². The Balaban J connectivity index is 1.57. The van der Waals surface area contributed by atoms with Crippen molar-refractivity contribution in [1.29, 1.82) is 0 Å². The number of furan rings is 1. The van der Waals surface area contributed by atoms with Crippen molar-refractivity contribution in [2.75, 3.05) is 0 Å². The predicted molar refractivity (Wildman–Crippen MR) is 113 cm³/mol. The van der Waals surface area contributed by atoms with Crippen LogP contribution in [0.15, 0.2) is 46.5 Å². The highest BCUT2D eigenvalue weighted by Gasteiger charge is 2.87. The molecule has 4 aliphatic carbocycles. The molecule has 31 heavy (non-hydrogen) atoms. The first kappa shape index (κ1) is 19.5. The fraction of sp³-hybridized carbons (Fsp3) is 0.615. The molecule has 1 spiro atoms. The van der Waals surface area contributed by atoms with Crippen molar-refractivity contribution in [3.05, 3.63) is 47.6 Å². The number of carbonyl (C=O) groups is 2. The first-order chi connectivity index (χ1) is 14.5. The first-order valence-corrected chi connectivity index (χ1v) is 11.4. The minimum absolute atomic E-state index is 0.00527. The van der Waals surface area contributed by atoms with Gasteiger partial charge in [0.15, 0.2) is 11.5 Å². The number of aliphatic hydroxyl groups excluding tert-OH is 1. The van der Waals surface area contributed by atoms with E-state index in [-0.39, 0.29) is 40.7 Å². The average molecular weight is 423 g/mol. The van der Waals surface area contributed by atoms with Crippen LogP contribution >= 0.6 is 0 Å². The maximum Gasteiger partial charge on any atom is 0.206 e. The van der Waals surface area contributed by atoms with Crippen LogP contribution in [0.5, 0.6) is 0 Å². The highest BCUT2D eigenvalue weighted by atomic mass is 16.6. The largest absolute Gasteiger partial charge is 0.504 e. The van der Waals surface area contributed by atoms with E-state index in [0.29, 0.717) is 5.57 Å². The average Bonchev–Trinajstić information content (AvgIpc) is 3.07. The lowest BCUT2D eigenvalue weighted by molar-refractivity contribution is -0.162. The van der Waals surface area contributed by atoms with Gasteiger partial charge in [-0.3, -0.25) is 9.59 Å². The molecule has 6 rings (SSSR count). The number of rotatable bonds is 1. The number of carbonyl (C=O) groups excluding carboxylic acids is 2. The first-order valence-electron chi connectivity index (χ1n) is 11.4. The lowest BCUT2D eigenvalue weighted by atomic mass is 9.39. The van der Waals surface area contributed by atoms with E-state index in [1.807, 2.05) is 39.2 Å². The molecule has 7 atom stereocenters. The zero-order chi connectivity index (χ0) is 22.2. The summed E-state index contributed by atoms with van der Waals surface area (Å²) < 4.78 is 11.9. The van der Waals surface area contributed by atoms with Crippen molar-refractivity contribution in [1.82, 2.24) is 0 Å². The molecule has 0 aromatic carbocycles. The van der Waals surface area contributed by atoms with Gasteiger partial charge in [-0.15, -0.1) is 0 Å². The van der Waals surface area contributed by atoms with Gasteiger partial charge in [0.2, 0.25) is 5.78 Å². The molecule has 1 saturated heterocycles. The molecule has 5 heteroatoms. The van der Waals surface area contributed by atoms with Crippen LogP contribution in [-0.4, -0.2) is 28.4 Å². The third-order valence-electron chi connectivity index (χ3n) is 10.2. The highest BCUT2D eigenvalue weighted by molar-refractivity contribution is 6.06. The Morgan fingerprint density at radius 2 is 1.87 bits per heavy atom. The Kier molecular flexibility index (Phi) is 3.31. The second-order valence-corrected chi connectivity index (χ2v) is 11.6. The number of ether oxygens (including phenoxy) is 1. The van der Waals surface area contributed by atoms with E-state index in [4.69, 9.17) is 9.15 Å². The van der Waals surface area contributed by atoms with Crippen LogP contribution in [0.25, 0.3) is 0 Å². The number of hydrogen-bond donors (Lipinski definition) is 1. The molecule has 0 amide bonds. The van der Waals surface area contributed by atoms with E-state index in [1.54, 1.807) is 12.3 Å². The van der Waals surface area contributed by atoms with E-state index in [0.717, 1.165) is 19.3 Å². The van der Waals surface area contributed by atoms with E-state index in [1.165, 1.54) is 5.56 Å². The molecule has 5 aliphatic rings. The number of epoxide rings is 1. The summed E-state index contributed by atoms with van der Waals surface area (Å²) in [5, 5.41) is 11.4. The maximum absolute atomic E-state index is 14.0. The second-order valence-electron chi connectivity index (χ2n) is 11.6. The molecular formula is C26H30O5. The fourth-order valence-corrected chi connectivity index (χ4v) is 8.78. The molecule has 0 bridgehead atoms. The third kappa shape index (κ3) is 1.80. The van der Waals surface area contributed by atoms with Crippen LogP contribution in [0.1, 0.15) is 65.4 Å². The molecule has 164 valence electrons. The molecular weight excluding hydrogens is 392 g/mol. The minimum Gasteiger partial charge on any atom is -0.504 e. The SMILES string of the molecule is CC1(C)C(=O)C=C[C@@]2(C)C1=C(O)C(=O)[C@]1(C)[C@H]2CC[C@@]2(C)C(c3ccoc3)C[C@H]3O[C@]321.